The van der Waals surface area contributed by atoms with E-state index in [-0.39, 0.29) is 26.3 Å². The van der Waals surface area contributed by atoms with Gasteiger partial charge in [0, 0.05) is 24.4 Å². The quantitative estimate of drug-likeness (QED) is 0.457. The number of nitrogens with zero attached hydrogens (tertiary/aromatic N) is 1. The van der Waals surface area contributed by atoms with Crippen molar-refractivity contribution in [3.8, 4) is 0 Å². The minimum atomic E-state index is -4.18. The average Bonchev–Trinajstić information content (AvgIpc) is 2.03. The third-order valence-corrected chi connectivity index (χ3v) is 1.37. The lowest BCUT2D eigenvalue weighted by molar-refractivity contribution is -0.259. The number of alkyl halides is 3. The summed E-state index contributed by atoms with van der Waals surface area (Å²) < 4.78 is 57.7. The van der Waals surface area contributed by atoms with Gasteiger partial charge in [0.2, 0.25) is 0 Å². The molecule has 1 atom stereocenters. The van der Waals surface area contributed by atoms with Crippen LogP contribution in [-0.2, 0) is 16.0 Å². The maximum atomic E-state index is 11.8. The second kappa shape index (κ2) is 6.30. The van der Waals surface area contributed by atoms with Gasteiger partial charge < -0.3 is 9.29 Å². The zero-order valence-corrected chi connectivity index (χ0v) is 7.94. The average molecular weight is 235 g/mol. The molecule has 1 aliphatic rings. The largest absolute Gasteiger partial charge is 0.760 e. The van der Waals surface area contributed by atoms with Crippen molar-refractivity contribution in [3.05, 3.63) is 0 Å². The maximum Gasteiger partial charge on any atom is 0.460 e. The van der Waals surface area contributed by atoms with E-state index in [1.54, 1.807) is 0 Å². The lowest BCUT2D eigenvalue weighted by Crippen LogP contribution is -2.45. The first-order valence-electron chi connectivity index (χ1n) is 3.57. The molecule has 1 saturated heterocycles. The highest BCUT2D eigenvalue weighted by molar-refractivity contribution is 7.76. The normalized spacial score (nSPS) is 20.9. The number of nitrogens with two attached hydrogens (primary N) is 1. The molecule has 9 heteroatoms. The fourth-order valence-electron chi connectivity index (χ4n) is 0.817. The van der Waals surface area contributed by atoms with Crippen molar-refractivity contribution in [3.63, 3.8) is 0 Å². The molecule has 1 unspecified atom stereocenters. The number of hydrogen-bond acceptors (Lipinski definition) is 4. The summed E-state index contributed by atoms with van der Waals surface area (Å²) in [6.07, 6.45) is -4.18. The molecule has 0 radical (unpaired) electrons. The van der Waals surface area contributed by atoms with E-state index in [1.165, 1.54) is 0 Å². The molecule has 0 saturated carbocycles. The van der Waals surface area contributed by atoms with Crippen LogP contribution in [0.2, 0.25) is 0 Å². The molecule has 0 aromatic heterocycles. The summed E-state index contributed by atoms with van der Waals surface area (Å²) in [6, 6.07) is 0. The van der Waals surface area contributed by atoms with Crippen molar-refractivity contribution in [2.24, 2.45) is 5.14 Å². The molecule has 1 fully saturated rings. The van der Waals surface area contributed by atoms with Crippen molar-refractivity contribution in [1.82, 2.24) is 4.90 Å². The third kappa shape index (κ3) is 7.21. The Hall–Kier alpha value is -0.220. The molecule has 1 heterocycles. The zero-order chi connectivity index (χ0) is 11.2. The van der Waals surface area contributed by atoms with Crippen LogP contribution in [0.3, 0.4) is 0 Å². The Morgan fingerprint density at radius 1 is 1.36 bits per heavy atom. The van der Waals surface area contributed by atoms with Gasteiger partial charge in [0.05, 0.1) is 13.2 Å². The monoisotopic (exact) mass is 235 g/mol. The van der Waals surface area contributed by atoms with Crippen molar-refractivity contribution in [2.45, 2.75) is 6.30 Å². The van der Waals surface area contributed by atoms with E-state index in [4.69, 9.17) is 13.5 Å². The van der Waals surface area contributed by atoms with Gasteiger partial charge in [-0.2, -0.15) is 13.2 Å². The summed E-state index contributed by atoms with van der Waals surface area (Å²) in [6.45, 7) is 0.284. The Labute approximate surface area is 81.4 Å². The fourth-order valence-corrected chi connectivity index (χ4v) is 0.817. The second-order valence-corrected chi connectivity index (χ2v) is 2.85. The van der Waals surface area contributed by atoms with E-state index in [9.17, 15) is 13.2 Å². The Morgan fingerprint density at radius 3 is 1.93 bits per heavy atom. The number of hydrogen-bond donors (Lipinski definition) is 1. The first-order chi connectivity index (χ1) is 6.34. The molecule has 0 aliphatic carbocycles. The van der Waals surface area contributed by atoms with Crippen LogP contribution in [0.25, 0.3) is 0 Å². The van der Waals surface area contributed by atoms with E-state index in [2.05, 4.69) is 5.14 Å². The van der Waals surface area contributed by atoms with Crippen molar-refractivity contribution in [1.29, 1.82) is 0 Å². The van der Waals surface area contributed by atoms with Crippen LogP contribution >= 0.6 is 0 Å². The summed E-state index contributed by atoms with van der Waals surface area (Å²) in [5.41, 5.74) is 0. The fraction of sp³-hybridized carbons (Fsp3) is 1.00. The van der Waals surface area contributed by atoms with E-state index in [0.717, 1.165) is 0 Å². The molecule has 14 heavy (non-hydrogen) atoms. The lowest BCUT2D eigenvalue weighted by Gasteiger charge is -2.28. The van der Waals surface area contributed by atoms with Gasteiger partial charge >= 0.3 is 6.30 Å². The molecule has 0 bridgehead atoms. The Bertz CT molecular complexity index is 180. The summed E-state index contributed by atoms with van der Waals surface area (Å²) in [5, 5.41) is 4.03. The van der Waals surface area contributed by atoms with Crippen LogP contribution < -0.4 is 5.14 Å². The van der Waals surface area contributed by atoms with Gasteiger partial charge in [-0.05, 0) is 0 Å². The van der Waals surface area contributed by atoms with Crippen LogP contribution in [0.15, 0.2) is 0 Å². The first-order valence-corrected chi connectivity index (χ1v) is 4.71. The maximum absolute atomic E-state index is 11.8. The summed E-state index contributed by atoms with van der Waals surface area (Å²) in [7, 11) is 0. The molecule has 2 N–H and O–H groups in total. The van der Waals surface area contributed by atoms with Crippen LogP contribution in [0, 0.1) is 0 Å². The Kier molecular flexibility index (Phi) is 6.20. The highest BCUT2D eigenvalue weighted by atomic mass is 32.2. The molecule has 86 valence electrons. The molecule has 0 amide bonds. The van der Waals surface area contributed by atoms with E-state index >= 15 is 0 Å². The van der Waals surface area contributed by atoms with E-state index in [0.29, 0.717) is 4.90 Å². The topological polar surface area (TPSA) is 78.6 Å². The zero-order valence-electron chi connectivity index (χ0n) is 7.12. The molecular weight excluding hydrogens is 225 g/mol. The van der Waals surface area contributed by atoms with E-state index in [1.807, 2.05) is 0 Å². The molecular formula is C5H10F3N2O3S-. The lowest BCUT2D eigenvalue weighted by atomic mass is 10.4. The van der Waals surface area contributed by atoms with Crippen LogP contribution in [0.5, 0.6) is 0 Å². The van der Waals surface area contributed by atoms with Gasteiger partial charge in [-0.25, -0.2) is 4.90 Å². The van der Waals surface area contributed by atoms with Gasteiger partial charge in [-0.3, -0.25) is 9.35 Å². The predicted molar refractivity (Wildman–Crippen MR) is 41.6 cm³/mol. The van der Waals surface area contributed by atoms with E-state index < -0.39 is 17.6 Å². The van der Waals surface area contributed by atoms with Crippen LogP contribution in [0.4, 0.5) is 13.2 Å². The molecule has 0 aromatic carbocycles. The van der Waals surface area contributed by atoms with Gasteiger partial charge in [0.25, 0.3) is 0 Å². The molecule has 1 rings (SSSR count). The first kappa shape index (κ1) is 13.8. The standard InChI is InChI=1S/C5H8F3NO.H3NO2S/c6-5(7,8)9-1-3-10-4-2-9;1-4(2)3/h1-4H2;1H2,(H,2,3)/p-1. The summed E-state index contributed by atoms with van der Waals surface area (Å²) in [4.78, 5) is 0.455. The van der Waals surface area contributed by atoms with Crippen LogP contribution in [0.1, 0.15) is 0 Å². The van der Waals surface area contributed by atoms with Gasteiger partial charge in [0.15, 0.2) is 0 Å². The summed E-state index contributed by atoms with van der Waals surface area (Å²) in [5.74, 6) is 0. The van der Waals surface area contributed by atoms with Crippen molar-refractivity contribution < 1.29 is 26.7 Å². The van der Waals surface area contributed by atoms with Gasteiger partial charge in [0.1, 0.15) is 0 Å². The Morgan fingerprint density at radius 2 is 1.71 bits per heavy atom. The predicted octanol–water partition coefficient (Wildman–Crippen LogP) is -0.422. The minimum Gasteiger partial charge on any atom is -0.760 e. The van der Waals surface area contributed by atoms with Gasteiger partial charge in [-0.15, -0.1) is 0 Å². The second-order valence-electron chi connectivity index (χ2n) is 2.33. The molecule has 0 spiro atoms. The highest BCUT2D eigenvalue weighted by Crippen LogP contribution is 2.21. The number of rotatable bonds is 0. The minimum absolute atomic E-state index is 0.0382. The number of ether oxygens (including phenoxy) is 1. The SMILES string of the molecule is FC(F)(F)N1CCOCC1.NS(=O)[O-]. The molecule has 0 aromatic rings. The van der Waals surface area contributed by atoms with Crippen molar-refractivity contribution in [2.75, 3.05) is 26.3 Å². The number of morpholine rings is 1. The molecule has 1 aliphatic heterocycles. The number of halogens is 3. The van der Waals surface area contributed by atoms with Crippen LogP contribution in [-0.4, -0.2) is 46.3 Å². The Balaban J connectivity index is 0.000000364. The highest BCUT2D eigenvalue weighted by Gasteiger charge is 2.37. The summed E-state index contributed by atoms with van der Waals surface area (Å²) >= 11 is -2.36. The van der Waals surface area contributed by atoms with Crippen molar-refractivity contribution >= 4 is 11.3 Å². The van der Waals surface area contributed by atoms with Gasteiger partial charge in [-0.1, -0.05) is 0 Å². The smallest absolute Gasteiger partial charge is 0.460 e. The third-order valence-electron chi connectivity index (χ3n) is 1.37. The molecule has 5 nitrogen and oxygen atoms in total.